The van der Waals surface area contributed by atoms with Gasteiger partial charge < -0.3 is 19.5 Å². The van der Waals surface area contributed by atoms with Crippen molar-refractivity contribution in [2.75, 3.05) is 20.3 Å². The molecule has 0 aliphatic carbocycles. The Labute approximate surface area is 174 Å². The van der Waals surface area contributed by atoms with Gasteiger partial charge in [-0.3, -0.25) is 4.79 Å². The van der Waals surface area contributed by atoms with Crippen molar-refractivity contribution >= 4 is 29.1 Å². The average molecular weight is 424 g/mol. The van der Waals surface area contributed by atoms with Gasteiger partial charge in [-0.2, -0.15) is 0 Å². The Morgan fingerprint density at radius 3 is 2.79 bits per heavy atom. The molecule has 0 aromatic heterocycles. The minimum atomic E-state index is -0.123. The van der Waals surface area contributed by atoms with Crippen molar-refractivity contribution in [2.45, 2.75) is 31.9 Å². The lowest BCUT2D eigenvalue weighted by Gasteiger charge is -2.15. The molecule has 0 saturated carbocycles. The number of carbonyl (C=O) groups is 1. The van der Waals surface area contributed by atoms with Crippen molar-refractivity contribution in [3.63, 3.8) is 0 Å². The molecule has 2 aromatic rings. The number of nitrogens with one attached hydrogen (secondary N) is 1. The van der Waals surface area contributed by atoms with Crippen LogP contribution in [0.3, 0.4) is 0 Å². The quantitative estimate of drug-likeness (QED) is 0.682. The summed E-state index contributed by atoms with van der Waals surface area (Å²) < 4.78 is 16.8. The maximum atomic E-state index is 12.2. The minimum absolute atomic E-state index is 0.123. The van der Waals surface area contributed by atoms with Crippen molar-refractivity contribution in [2.24, 2.45) is 0 Å². The SMILES string of the molecule is COc1cc(CNC(=O)Cc2ccc(Cl)cc2Cl)ccc1OCC1CCCO1. The first-order chi connectivity index (χ1) is 13.5. The zero-order valence-electron chi connectivity index (χ0n) is 15.7. The van der Waals surface area contributed by atoms with Gasteiger partial charge in [-0.25, -0.2) is 0 Å². The van der Waals surface area contributed by atoms with Crippen LogP contribution in [0.25, 0.3) is 0 Å². The van der Waals surface area contributed by atoms with E-state index in [-0.39, 0.29) is 18.4 Å². The molecule has 1 amide bonds. The number of benzene rings is 2. The number of rotatable bonds is 8. The number of amides is 1. The molecule has 3 rings (SSSR count). The van der Waals surface area contributed by atoms with Crippen LogP contribution in [0.2, 0.25) is 10.0 Å². The van der Waals surface area contributed by atoms with E-state index in [0.717, 1.165) is 30.6 Å². The van der Waals surface area contributed by atoms with Gasteiger partial charge in [-0.15, -0.1) is 0 Å². The van der Waals surface area contributed by atoms with Crippen LogP contribution in [0.5, 0.6) is 11.5 Å². The fraction of sp³-hybridized carbons (Fsp3) is 0.381. The van der Waals surface area contributed by atoms with Crippen LogP contribution in [-0.4, -0.2) is 32.3 Å². The van der Waals surface area contributed by atoms with Crippen LogP contribution in [0, 0.1) is 0 Å². The summed E-state index contributed by atoms with van der Waals surface area (Å²) in [6, 6.07) is 10.7. The van der Waals surface area contributed by atoms with Gasteiger partial charge >= 0.3 is 0 Å². The van der Waals surface area contributed by atoms with Gasteiger partial charge in [-0.05, 0) is 48.2 Å². The molecule has 1 atom stereocenters. The average Bonchev–Trinajstić information content (AvgIpc) is 3.21. The number of hydrogen-bond donors (Lipinski definition) is 1. The van der Waals surface area contributed by atoms with Crippen LogP contribution in [0.4, 0.5) is 0 Å². The summed E-state index contributed by atoms with van der Waals surface area (Å²) in [7, 11) is 1.60. The van der Waals surface area contributed by atoms with Gasteiger partial charge in [0.15, 0.2) is 11.5 Å². The fourth-order valence-corrected chi connectivity index (χ4v) is 3.48. The molecular formula is C21H23Cl2NO4. The number of ether oxygens (including phenoxy) is 3. The highest BCUT2D eigenvalue weighted by molar-refractivity contribution is 6.35. The van der Waals surface area contributed by atoms with E-state index in [1.54, 1.807) is 25.3 Å². The zero-order valence-corrected chi connectivity index (χ0v) is 17.2. The fourth-order valence-electron chi connectivity index (χ4n) is 3.00. The molecule has 1 heterocycles. The van der Waals surface area contributed by atoms with Crippen LogP contribution in [0.1, 0.15) is 24.0 Å². The lowest BCUT2D eigenvalue weighted by atomic mass is 10.1. The van der Waals surface area contributed by atoms with Crippen molar-refractivity contribution in [1.82, 2.24) is 5.32 Å². The van der Waals surface area contributed by atoms with Crippen molar-refractivity contribution in [3.05, 3.63) is 57.6 Å². The first-order valence-electron chi connectivity index (χ1n) is 9.17. The molecule has 0 bridgehead atoms. The van der Waals surface area contributed by atoms with E-state index in [1.165, 1.54) is 0 Å². The summed E-state index contributed by atoms with van der Waals surface area (Å²) in [6.07, 6.45) is 2.42. The van der Waals surface area contributed by atoms with E-state index in [9.17, 15) is 4.79 Å². The van der Waals surface area contributed by atoms with Crippen molar-refractivity contribution in [1.29, 1.82) is 0 Å². The molecule has 1 N–H and O–H groups in total. The summed E-state index contributed by atoms with van der Waals surface area (Å²) in [4.78, 5) is 12.2. The molecule has 5 nitrogen and oxygen atoms in total. The summed E-state index contributed by atoms with van der Waals surface area (Å²) in [5, 5.41) is 3.92. The Morgan fingerprint density at radius 2 is 2.07 bits per heavy atom. The molecule has 1 aliphatic rings. The molecule has 1 unspecified atom stereocenters. The lowest BCUT2D eigenvalue weighted by molar-refractivity contribution is -0.120. The molecule has 150 valence electrons. The van der Waals surface area contributed by atoms with E-state index in [0.29, 0.717) is 34.7 Å². The monoisotopic (exact) mass is 423 g/mol. The number of halogens is 2. The molecule has 1 saturated heterocycles. The van der Waals surface area contributed by atoms with E-state index >= 15 is 0 Å². The number of methoxy groups -OCH3 is 1. The Kier molecular flexibility index (Phi) is 7.43. The summed E-state index contributed by atoms with van der Waals surface area (Å²) in [5.74, 6) is 1.17. The van der Waals surface area contributed by atoms with Gasteiger partial charge in [0.05, 0.1) is 19.6 Å². The second kappa shape index (κ2) is 10.0. The molecule has 0 radical (unpaired) electrons. The highest BCUT2D eigenvalue weighted by Gasteiger charge is 2.17. The van der Waals surface area contributed by atoms with Crippen LogP contribution in [-0.2, 0) is 22.5 Å². The molecule has 28 heavy (non-hydrogen) atoms. The highest BCUT2D eigenvalue weighted by atomic mass is 35.5. The van der Waals surface area contributed by atoms with Gasteiger partial charge in [0.2, 0.25) is 5.91 Å². The van der Waals surface area contributed by atoms with Crippen LogP contribution >= 0.6 is 23.2 Å². The van der Waals surface area contributed by atoms with Gasteiger partial charge in [-0.1, -0.05) is 35.3 Å². The number of hydrogen-bond acceptors (Lipinski definition) is 4. The van der Waals surface area contributed by atoms with Crippen molar-refractivity contribution in [3.8, 4) is 11.5 Å². The predicted molar refractivity (Wildman–Crippen MR) is 109 cm³/mol. The molecule has 2 aromatic carbocycles. The van der Waals surface area contributed by atoms with Gasteiger partial charge in [0.1, 0.15) is 6.61 Å². The largest absolute Gasteiger partial charge is 0.493 e. The Balaban J connectivity index is 1.54. The summed E-state index contributed by atoms with van der Waals surface area (Å²) >= 11 is 12.0. The van der Waals surface area contributed by atoms with E-state index < -0.39 is 0 Å². The molecule has 0 spiro atoms. The third kappa shape index (κ3) is 5.77. The first-order valence-corrected chi connectivity index (χ1v) is 9.92. The van der Waals surface area contributed by atoms with Gasteiger partial charge in [0.25, 0.3) is 0 Å². The van der Waals surface area contributed by atoms with E-state index in [2.05, 4.69) is 5.32 Å². The smallest absolute Gasteiger partial charge is 0.224 e. The normalized spacial score (nSPS) is 16.0. The first kappa shape index (κ1) is 20.8. The minimum Gasteiger partial charge on any atom is -0.493 e. The Morgan fingerprint density at radius 1 is 1.21 bits per heavy atom. The summed E-state index contributed by atoms with van der Waals surface area (Å²) in [6.45, 7) is 1.69. The van der Waals surface area contributed by atoms with E-state index in [4.69, 9.17) is 37.4 Å². The third-order valence-corrected chi connectivity index (χ3v) is 5.12. The standard InChI is InChI=1S/C21H23Cl2NO4/c1-26-20-9-14(4-7-19(20)28-13-17-3-2-8-27-17)12-24-21(25)10-15-5-6-16(22)11-18(15)23/h4-7,9,11,17H,2-3,8,10,12-13H2,1H3,(H,24,25). The lowest BCUT2D eigenvalue weighted by Crippen LogP contribution is -2.24. The molecule has 1 fully saturated rings. The number of carbonyl (C=O) groups excluding carboxylic acids is 1. The van der Waals surface area contributed by atoms with Gasteiger partial charge in [0, 0.05) is 23.2 Å². The predicted octanol–water partition coefficient (Wildman–Crippen LogP) is 4.42. The van der Waals surface area contributed by atoms with E-state index in [1.807, 2.05) is 18.2 Å². The second-order valence-corrected chi connectivity index (χ2v) is 7.46. The van der Waals surface area contributed by atoms with Crippen LogP contribution < -0.4 is 14.8 Å². The molecule has 1 aliphatic heterocycles. The van der Waals surface area contributed by atoms with Crippen molar-refractivity contribution < 1.29 is 19.0 Å². The highest BCUT2D eigenvalue weighted by Crippen LogP contribution is 2.29. The Bertz CT molecular complexity index is 822. The zero-order chi connectivity index (χ0) is 19.9. The Hall–Kier alpha value is -1.95. The molecular weight excluding hydrogens is 401 g/mol. The topological polar surface area (TPSA) is 56.8 Å². The second-order valence-electron chi connectivity index (χ2n) is 6.62. The summed E-state index contributed by atoms with van der Waals surface area (Å²) in [5.41, 5.74) is 1.65. The molecule has 7 heteroatoms. The maximum absolute atomic E-state index is 12.2. The maximum Gasteiger partial charge on any atom is 0.224 e. The van der Waals surface area contributed by atoms with Crippen LogP contribution in [0.15, 0.2) is 36.4 Å². The third-order valence-electron chi connectivity index (χ3n) is 4.53.